The van der Waals surface area contributed by atoms with Gasteiger partial charge in [-0.05, 0) is 37.7 Å². The molecule has 47 heavy (non-hydrogen) atoms. The highest BCUT2D eigenvalue weighted by molar-refractivity contribution is 5.98. The van der Waals surface area contributed by atoms with E-state index in [-0.39, 0.29) is 55.6 Å². The third-order valence-electron chi connectivity index (χ3n) is 9.34. The maximum atomic E-state index is 14.3. The number of morpholine rings is 1. The van der Waals surface area contributed by atoms with Gasteiger partial charge in [0.2, 0.25) is 5.91 Å². The molecule has 6 rings (SSSR count). The summed E-state index contributed by atoms with van der Waals surface area (Å²) in [5.74, 6) is -2.70. The molecule has 2 saturated heterocycles. The van der Waals surface area contributed by atoms with Gasteiger partial charge in [0.25, 0.3) is 5.91 Å². The Kier molecular flexibility index (Phi) is 9.65. The number of hydrogen-bond donors (Lipinski definition) is 1. The van der Waals surface area contributed by atoms with Gasteiger partial charge < -0.3 is 29.2 Å². The van der Waals surface area contributed by atoms with Crippen molar-refractivity contribution in [3.63, 3.8) is 0 Å². The van der Waals surface area contributed by atoms with Crippen LogP contribution in [0.3, 0.4) is 0 Å². The van der Waals surface area contributed by atoms with Gasteiger partial charge in [-0.3, -0.25) is 9.59 Å². The first kappa shape index (κ1) is 32.7. The molecule has 3 aromatic rings. The molecule has 13 heteroatoms. The maximum Gasteiger partial charge on any atom is 0.490 e. The average molecular weight is 654 g/mol. The summed E-state index contributed by atoms with van der Waals surface area (Å²) in [6.45, 7) is 2.30. The van der Waals surface area contributed by atoms with Crippen LogP contribution in [0.15, 0.2) is 67.0 Å². The van der Waals surface area contributed by atoms with Gasteiger partial charge in [-0.1, -0.05) is 60.7 Å². The van der Waals surface area contributed by atoms with Gasteiger partial charge >= 0.3 is 12.1 Å². The summed E-state index contributed by atoms with van der Waals surface area (Å²) in [6.07, 6.45) is -2.21. The van der Waals surface area contributed by atoms with Crippen molar-refractivity contribution in [2.45, 2.75) is 62.5 Å². The Labute approximate surface area is 270 Å². The number of imidazole rings is 1. The van der Waals surface area contributed by atoms with E-state index in [0.717, 1.165) is 5.56 Å². The molecule has 2 aromatic carbocycles. The molecule has 2 aliphatic heterocycles. The van der Waals surface area contributed by atoms with E-state index in [1.165, 1.54) is 6.33 Å². The molecule has 0 radical (unpaired) electrons. The SMILES string of the molecule is O=C(c1ncn(C[C@]2(OC(=O)C(F)(F)F)CC[C@H](N3CCOCC3=O)CC2)c1-c1ccccc1)N1CCNC[C@H]1Cc1ccccc1. The largest absolute Gasteiger partial charge is 0.490 e. The molecule has 2 amide bonds. The number of esters is 1. The second kappa shape index (κ2) is 13.9. The number of ether oxygens (including phenoxy) is 2. The summed E-state index contributed by atoms with van der Waals surface area (Å²) in [6, 6.07) is 18.7. The number of alkyl halides is 3. The molecule has 3 fully saturated rings. The van der Waals surface area contributed by atoms with Crippen molar-refractivity contribution in [3.05, 3.63) is 78.2 Å². The number of hydrogen-bond acceptors (Lipinski definition) is 7. The molecular formula is C34H38F3N5O5. The number of carbonyl (C=O) groups is 3. The highest BCUT2D eigenvalue weighted by Crippen LogP contribution is 2.39. The number of rotatable bonds is 8. The lowest BCUT2D eigenvalue weighted by Gasteiger charge is -2.44. The Balaban J connectivity index is 1.31. The van der Waals surface area contributed by atoms with Crippen LogP contribution in [0.2, 0.25) is 0 Å². The molecule has 1 atom stereocenters. The fourth-order valence-electron chi connectivity index (χ4n) is 7.00. The van der Waals surface area contributed by atoms with Crippen molar-refractivity contribution in [2.24, 2.45) is 0 Å². The van der Waals surface area contributed by atoms with Crippen molar-refractivity contribution in [1.82, 2.24) is 24.7 Å². The highest BCUT2D eigenvalue weighted by Gasteiger charge is 2.49. The quantitative estimate of drug-likeness (QED) is 0.369. The van der Waals surface area contributed by atoms with Crippen molar-refractivity contribution in [2.75, 3.05) is 39.4 Å². The number of aromatic nitrogens is 2. The van der Waals surface area contributed by atoms with Gasteiger partial charge in [-0.25, -0.2) is 9.78 Å². The van der Waals surface area contributed by atoms with E-state index in [4.69, 9.17) is 9.47 Å². The van der Waals surface area contributed by atoms with E-state index in [1.807, 2.05) is 65.6 Å². The summed E-state index contributed by atoms with van der Waals surface area (Å²) in [7, 11) is 0. The van der Waals surface area contributed by atoms with E-state index in [1.54, 1.807) is 9.47 Å². The van der Waals surface area contributed by atoms with E-state index in [0.29, 0.717) is 63.3 Å². The Hall–Kier alpha value is -4.23. The van der Waals surface area contributed by atoms with E-state index < -0.39 is 17.7 Å². The van der Waals surface area contributed by atoms with Crippen LogP contribution in [0.5, 0.6) is 0 Å². The molecule has 3 aliphatic rings. The van der Waals surface area contributed by atoms with Crippen LogP contribution in [0.4, 0.5) is 13.2 Å². The number of nitrogens with one attached hydrogen (secondary N) is 1. The second-order valence-electron chi connectivity index (χ2n) is 12.4. The van der Waals surface area contributed by atoms with Crippen molar-refractivity contribution in [1.29, 1.82) is 0 Å². The first-order chi connectivity index (χ1) is 22.6. The van der Waals surface area contributed by atoms with Gasteiger partial charge in [-0.2, -0.15) is 13.2 Å². The van der Waals surface area contributed by atoms with Gasteiger partial charge in [0.15, 0.2) is 5.69 Å². The first-order valence-electron chi connectivity index (χ1n) is 16.0. The highest BCUT2D eigenvalue weighted by atomic mass is 19.4. The molecule has 10 nitrogen and oxygen atoms in total. The maximum absolute atomic E-state index is 14.3. The third kappa shape index (κ3) is 7.36. The molecule has 0 spiro atoms. The van der Waals surface area contributed by atoms with E-state index >= 15 is 0 Å². The summed E-state index contributed by atoms with van der Waals surface area (Å²) < 4.78 is 52.9. The Bertz CT molecular complexity index is 1560. The minimum absolute atomic E-state index is 0.0315. The van der Waals surface area contributed by atoms with Crippen molar-refractivity contribution < 1.29 is 37.0 Å². The van der Waals surface area contributed by atoms with Crippen LogP contribution in [0.1, 0.15) is 41.7 Å². The number of nitrogens with zero attached hydrogens (tertiary/aromatic N) is 4. The summed E-state index contributed by atoms with van der Waals surface area (Å²) >= 11 is 0. The van der Waals surface area contributed by atoms with Crippen LogP contribution < -0.4 is 5.32 Å². The van der Waals surface area contributed by atoms with Crippen LogP contribution >= 0.6 is 0 Å². The van der Waals surface area contributed by atoms with Gasteiger partial charge in [0.1, 0.15) is 12.2 Å². The molecule has 0 unspecified atom stereocenters. The summed E-state index contributed by atoms with van der Waals surface area (Å²) in [5, 5.41) is 3.37. The Morgan fingerprint density at radius 1 is 1.02 bits per heavy atom. The number of halogens is 3. The third-order valence-corrected chi connectivity index (χ3v) is 9.34. The molecule has 250 valence electrons. The standard InChI is InChI=1S/C34H38F3N5O5/c35-34(36,37)32(45)47-33(13-11-26(12-14-33)41-17-18-46-21-28(41)43)22-40-23-39-29(30(40)25-9-5-2-6-10-25)31(44)42-16-15-38-20-27(42)19-24-7-3-1-4-8-24/h1-10,23,26-27,38H,11-22H2/t26-,27-,33-/m1/s1. The van der Waals surface area contributed by atoms with Crippen molar-refractivity contribution in [3.8, 4) is 11.3 Å². The molecule has 0 bridgehead atoms. The topological polar surface area (TPSA) is 106 Å². The Morgan fingerprint density at radius 2 is 1.72 bits per heavy atom. The lowest BCUT2D eigenvalue weighted by molar-refractivity contribution is -0.219. The smallest absolute Gasteiger partial charge is 0.451 e. The number of amides is 2. The summed E-state index contributed by atoms with van der Waals surface area (Å²) in [5.41, 5.74) is 0.846. The molecule has 1 saturated carbocycles. The zero-order valence-corrected chi connectivity index (χ0v) is 26.0. The predicted molar refractivity (Wildman–Crippen MR) is 165 cm³/mol. The van der Waals surface area contributed by atoms with Gasteiger partial charge in [0, 0.05) is 43.8 Å². The number of benzene rings is 2. The summed E-state index contributed by atoms with van der Waals surface area (Å²) in [4.78, 5) is 47.2. The monoisotopic (exact) mass is 653 g/mol. The minimum Gasteiger partial charge on any atom is -0.451 e. The zero-order chi connectivity index (χ0) is 33.0. The van der Waals surface area contributed by atoms with E-state index in [9.17, 15) is 27.6 Å². The fourth-order valence-corrected chi connectivity index (χ4v) is 7.00. The van der Waals surface area contributed by atoms with Crippen LogP contribution in [0, 0.1) is 0 Å². The zero-order valence-electron chi connectivity index (χ0n) is 26.0. The molecule has 1 N–H and O–H groups in total. The lowest BCUT2D eigenvalue weighted by Crippen LogP contribution is -2.54. The predicted octanol–water partition coefficient (Wildman–Crippen LogP) is 3.85. The lowest BCUT2D eigenvalue weighted by atomic mass is 9.80. The van der Waals surface area contributed by atoms with E-state index in [2.05, 4.69) is 10.3 Å². The molecule has 3 heterocycles. The van der Waals surface area contributed by atoms with Crippen LogP contribution in [-0.2, 0) is 32.0 Å². The van der Waals surface area contributed by atoms with Gasteiger partial charge in [-0.15, -0.1) is 0 Å². The molecule has 1 aromatic heterocycles. The van der Waals surface area contributed by atoms with Crippen molar-refractivity contribution >= 4 is 17.8 Å². The van der Waals surface area contributed by atoms with Gasteiger partial charge in [0.05, 0.1) is 25.2 Å². The Morgan fingerprint density at radius 3 is 2.40 bits per heavy atom. The van der Waals surface area contributed by atoms with Crippen LogP contribution in [0.25, 0.3) is 11.3 Å². The second-order valence-corrected chi connectivity index (χ2v) is 12.4. The first-order valence-corrected chi connectivity index (χ1v) is 16.0. The molecular weight excluding hydrogens is 615 g/mol. The number of carbonyl (C=O) groups excluding carboxylic acids is 3. The average Bonchev–Trinajstić information content (AvgIpc) is 3.49. The van der Waals surface area contributed by atoms with Crippen LogP contribution in [-0.4, -0.2) is 100 Å². The molecule has 1 aliphatic carbocycles. The minimum atomic E-state index is -5.18. The normalized spacial score (nSPS) is 23.9. The number of piperazine rings is 1. The fraction of sp³-hybridized carbons (Fsp3) is 0.471.